The SMILES string of the molecule is O=c1cc[nH]c(=O)[n-]1.[Li+]. The minimum atomic E-state index is -0.600. The molecule has 1 aromatic rings. The van der Waals surface area contributed by atoms with Gasteiger partial charge in [0.15, 0.2) is 11.2 Å². The summed E-state index contributed by atoms with van der Waals surface area (Å²) in [5.41, 5.74) is -1.11. The molecule has 9 heavy (non-hydrogen) atoms. The Bertz CT molecular complexity index is 251. The fourth-order valence-corrected chi connectivity index (χ4v) is 0.354. The summed E-state index contributed by atoms with van der Waals surface area (Å²) in [6.07, 6.45) is 1.26. The fraction of sp³-hybridized carbons (Fsp3) is 0. The third kappa shape index (κ3) is 2.35. The smallest absolute Gasteiger partial charge is 0.430 e. The molecule has 0 atom stereocenters. The molecule has 4 nitrogen and oxygen atoms in total. The van der Waals surface area contributed by atoms with Gasteiger partial charge in [0.2, 0.25) is 0 Å². The monoisotopic (exact) mass is 118 g/mol. The number of aromatic nitrogens is 2. The Kier molecular flexibility index (Phi) is 3.06. The Hall–Kier alpha value is -0.723. The molecule has 42 valence electrons. The van der Waals surface area contributed by atoms with Gasteiger partial charge in [0.25, 0.3) is 0 Å². The van der Waals surface area contributed by atoms with Crippen LogP contribution in [0.2, 0.25) is 0 Å². The number of H-pyrrole nitrogens is 1. The average molecular weight is 118 g/mol. The molecule has 0 fully saturated rings. The Morgan fingerprint density at radius 3 is 2.44 bits per heavy atom. The maximum atomic E-state index is 10.2. The second-order valence-corrected chi connectivity index (χ2v) is 1.23. The Labute approximate surface area is 62.5 Å². The van der Waals surface area contributed by atoms with Gasteiger partial charge < -0.3 is 9.97 Å². The fourth-order valence-electron chi connectivity index (χ4n) is 0.354. The second kappa shape index (κ2) is 3.33. The van der Waals surface area contributed by atoms with Crippen LogP contribution in [0.3, 0.4) is 0 Å². The summed E-state index contributed by atoms with van der Waals surface area (Å²) in [6.45, 7) is 0. The molecule has 0 spiro atoms. The van der Waals surface area contributed by atoms with E-state index in [1.807, 2.05) is 0 Å². The normalized spacial score (nSPS) is 8.00. The first kappa shape index (κ1) is 8.28. The van der Waals surface area contributed by atoms with Crippen molar-refractivity contribution in [2.75, 3.05) is 0 Å². The molecule has 1 heterocycles. The number of nitrogens with one attached hydrogen (secondary N) is 1. The molecule has 0 radical (unpaired) electrons. The summed E-state index contributed by atoms with van der Waals surface area (Å²) in [4.78, 5) is 25.5. The Balaban J connectivity index is 0.000000640. The van der Waals surface area contributed by atoms with Crippen molar-refractivity contribution in [3.63, 3.8) is 0 Å². The number of aromatic amines is 1. The van der Waals surface area contributed by atoms with E-state index in [2.05, 4.69) is 9.97 Å². The van der Waals surface area contributed by atoms with E-state index in [9.17, 15) is 9.59 Å². The first-order chi connectivity index (χ1) is 3.79. The maximum absolute atomic E-state index is 10.2. The number of hydrogen-bond acceptors (Lipinski definition) is 2. The largest absolute Gasteiger partial charge is 1.00 e. The van der Waals surface area contributed by atoms with Crippen molar-refractivity contribution in [3.05, 3.63) is 33.1 Å². The summed E-state index contributed by atoms with van der Waals surface area (Å²) in [5, 5.41) is 0. The zero-order valence-electron chi connectivity index (χ0n) is 4.92. The summed E-state index contributed by atoms with van der Waals surface area (Å²) < 4.78 is 0. The topological polar surface area (TPSA) is 64.0 Å². The van der Waals surface area contributed by atoms with Crippen LogP contribution in [-0.4, -0.2) is 4.98 Å². The van der Waals surface area contributed by atoms with Crippen LogP contribution in [0.15, 0.2) is 21.9 Å². The van der Waals surface area contributed by atoms with Crippen LogP contribution < -0.4 is 35.1 Å². The molecule has 0 unspecified atom stereocenters. The van der Waals surface area contributed by atoms with Gasteiger partial charge >= 0.3 is 18.9 Å². The van der Waals surface area contributed by atoms with Gasteiger partial charge in [-0.05, 0) is 6.07 Å². The van der Waals surface area contributed by atoms with E-state index in [1.54, 1.807) is 0 Å². The molecule has 0 saturated carbocycles. The third-order valence-corrected chi connectivity index (χ3v) is 0.644. The zero-order chi connectivity index (χ0) is 5.98. The van der Waals surface area contributed by atoms with E-state index >= 15 is 0 Å². The first-order valence-electron chi connectivity index (χ1n) is 2.02. The minimum Gasteiger partial charge on any atom is -0.430 e. The van der Waals surface area contributed by atoms with E-state index in [0.29, 0.717) is 0 Å². The van der Waals surface area contributed by atoms with Gasteiger partial charge in [-0.25, -0.2) is 0 Å². The van der Waals surface area contributed by atoms with Crippen LogP contribution in [0.5, 0.6) is 0 Å². The predicted molar refractivity (Wildman–Crippen MR) is 26.7 cm³/mol. The Morgan fingerprint density at radius 2 is 2.11 bits per heavy atom. The molecule has 0 aliphatic carbocycles. The van der Waals surface area contributed by atoms with Crippen molar-refractivity contribution >= 4 is 0 Å². The molecule has 1 aromatic heterocycles. The molecule has 0 saturated heterocycles. The van der Waals surface area contributed by atoms with E-state index in [-0.39, 0.29) is 18.9 Å². The van der Waals surface area contributed by atoms with E-state index < -0.39 is 11.2 Å². The number of nitrogens with zero attached hydrogens (tertiary/aromatic N) is 1. The number of hydrogen-bond donors (Lipinski definition) is 1. The van der Waals surface area contributed by atoms with Crippen LogP contribution in [0.4, 0.5) is 0 Å². The van der Waals surface area contributed by atoms with Crippen molar-refractivity contribution in [2.24, 2.45) is 0 Å². The molecule has 1 rings (SSSR count). The summed E-state index contributed by atoms with van der Waals surface area (Å²) >= 11 is 0. The molecule has 5 heteroatoms. The van der Waals surface area contributed by atoms with Gasteiger partial charge in [0.1, 0.15) is 0 Å². The summed E-state index contributed by atoms with van der Waals surface area (Å²) in [6, 6.07) is 1.18. The van der Waals surface area contributed by atoms with E-state index in [4.69, 9.17) is 0 Å². The van der Waals surface area contributed by atoms with Crippen molar-refractivity contribution in [3.8, 4) is 0 Å². The van der Waals surface area contributed by atoms with Crippen molar-refractivity contribution in [1.82, 2.24) is 9.97 Å². The molecule has 0 aliphatic heterocycles. The summed E-state index contributed by atoms with van der Waals surface area (Å²) in [5.74, 6) is 0. The van der Waals surface area contributed by atoms with E-state index in [1.165, 1.54) is 12.3 Å². The van der Waals surface area contributed by atoms with Crippen LogP contribution in [0, 0.1) is 0 Å². The minimum absolute atomic E-state index is 0. The Morgan fingerprint density at radius 1 is 1.44 bits per heavy atom. The van der Waals surface area contributed by atoms with Crippen molar-refractivity contribution in [2.45, 2.75) is 0 Å². The molecular weight excluding hydrogens is 115 g/mol. The molecular formula is C4H3LiN2O2. The third-order valence-electron chi connectivity index (χ3n) is 0.644. The first-order valence-corrected chi connectivity index (χ1v) is 2.02. The molecule has 1 N–H and O–H groups in total. The van der Waals surface area contributed by atoms with Crippen molar-refractivity contribution in [1.29, 1.82) is 0 Å². The van der Waals surface area contributed by atoms with Gasteiger partial charge in [0.05, 0.1) is 0 Å². The van der Waals surface area contributed by atoms with Crippen LogP contribution >= 0.6 is 0 Å². The molecule has 0 aliphatic rings. The van der Waals surface area contributed by atoms with Gasteiger partial charge in [-0.15, -0.1) is 0 Å². The number of rotatable bonds is 0. The molecule has 0 amide bonds. The quantitative estimate of drug-likeness (QED) is 0.350. The van der Waals surface area contributed by atoms with Crippen LogP contribution in [-0.2, 0) is 0 Å². The van der Waals surface area contributed by atoms with Crippen molar-refractivity contribution < 1.29 is 18.9 Å². The summed E-state index contributed by atoms with van der Waals surface area (Å²) in [7, 11) is 0. The van der Waals surface area contributed by atoms with Crippen LogP contribution in [0.1, 0.15) is 0 Å². The predicted octanol–water partition coefficient (Wildman–Crippen LogP) is -4.30. The molecule has 0 bridgehead atoms. The van der Waals surface area contributed by atoms with E-state index in [0.717, 1.165) is 0 Å². The van der Waals surface area contributed by atoms with Gasteiger partial charge in [-0.2, -0.15) is 0 Å². The molecule has 0 aromatic carbocycles. The standard InChI is InChI=1S/C4H4N2O2.Li/c7-3-1-2-5-4(8)6-3;/h1-2H,(H2,5,6,7,8);/q;+1/p-1. The second-order valence-electron chi connectivity index (χ2n) is 1.23. The maximum Gasteiger partial charge on any atom is 1.00 e. The zero-order valence-corrected chi connectivity index (χ0v) is 4.92. The van der Waals surface area contributed by atoms with Gasteiger partial charge in [-0.3, -0.25) is 9.59 Å². The average Bonchev–Trinajstić information content (AvgIpc) is 1.64. The van der Waals surface area contributed by atoms with Crippen LogP contribution in [0.25, 0.3) is 0 Å². The van der Waals surface area contributed by atoms with Gasteiger partial charge in [0, 0.05) is 0 Å². The van der Waals surface area contributed by atoms with Gasteiger partial charge in [-0.1, -0.05) is 6.20 Å².